The number of carbonyl (C=O) groups excluding carboxylic acids is 1. The van der Waals surface area contributed by atoms with Crippen LogP contribution < -0.4 is 10.9 Å². The molecule has 0 radical (unpaired) electrons. The van der Waals surface area contributed by atoms with Gasteiger partial charge in [0.1, 0.15) is 11.6 Å². The van der Waals surface area contributed by atoms with Crippen molar-refractivity contribution in [2.45, 2.75) is 11.6 Å². The van der Waals surface area contributed by atoms with Crippen LogP contribution in [-0.4, -0.2) is 28.2 Å². The van der Waals surface area contributed by atoms with Crippen LogP contribution in [0.15, 0.2) is 70.6 Å². The number of aromatic nitrogens is 2. The molecule has 0 spiro atoms. The van der Waals surface area contributed by atoms with Gasteiger partial charge in [-0.05, 0) is 12.0 Å². The van der Waals surface area contributed by atoms with Crippen molar-refractivity contribution in [2.75, 3.05) is 12.3 Å². The number of nitriles is 1. The summed E-state index contributed by atoms with van der Waals surface area (Å²) < 4.78 is 0. The molecule has 140 valence electrons. The molecule has 1 amide bonds. The molecule has 0 saturated carbocycles. The minimum absolute atomic E-state index is 0.0390. The van der Waals surface area contributed by atoms with Gasteiger partial charge in [0.25, 0.3) is 5.56 Å². The Morgan fingerprint density at radius 2 is 1.79 bits per heavy atom. The second-order valence-corrected chi connectivity index (χ2v) is 6.91. The molecule has 0 saturated heterocycles. The monoisotopic (exact) mass is 390 g/mol. The molecule has 0 aliphatic rings. The molecular formula is C21H18N4O2S. The second kappa shape index (κ2) is 9.53. The largest absolute Gasteiger partial charge is 0.355 e. The van der Waals surface area contributed by atoms with Gasteiger partial charge in [-0.15, -0.1) is 0 Å². The highest BCUT2D eigenvalue weighted by Crippen LogP contribution is 2.21. The van der Waals surface area contributed by atoms with E-state index >= 15 is 0 Å². The van der Waals surface area contributed by atoms with E-state index < -0.39 is 5.56 Å². The van der Waals surface area contributed by atoms with Crippen molar-refractivity contribution >= 4 is 17.7 Å². The first-order valence-electron chi connectivity index (χ1n) is 8.70. The minimum Gasteiger partial charge on any atom is -0.355 e. The Bertz CT molecular complexity index is 1040. The summed E-state index contributed by atoms with van der Waals surface area (Å²) in [7, 11) is 0. The smallest absolute Gasteiger partial charge is 0.270 e. The van der Waals surface area contributed by atoms with Gasteiger partial charge in [-0.25, -0.2) is 4.98 Å². The number of hydrogen-bond donors (Lipinski definition) is 2. The van der Waals surface area contributed by atoms with Crippen LogP contribution in [-0.2, 0) is 11.2 Å². The van der Waals surface area contributed by atoms with Gasteiger partial charge in [0.05, 0.1) is 11.4 Å². The molecule has 0 bridgehead atoms. The molecule has 2 N–H and O–H groups in total. The maximum absolute atomic E-state index is 12.2. The molecule has 0 aliphatic heterocycles. The highest BCUT2D eigenvalue weighted by atomic mass is 32.2. The van der Waals surface area contributed by atoms with Gasteiger partial charge in [0, 0.05) is 12.1 Å². The van der Waals surface area contributed by atoms with Gasteiger partial charge < -0.3 is 10.3 Å². The number of H-pyrrole nitrogens is 1. The zero-order chi connectivity index (χ0) is 19.8. The summed E-state index contributed by atoms with van der Waals surface area (Å²) in [6, 6.07) is 20.8. The van der Waals surface area contributed by atoms with Crippen LogP contribution in [0.2, 0.25) is 0 Å². The maximum atomic E-state index is 12.2. The fourth-order valence-corrected chi connectivity index (χ4v) is 3.30. The van der Waals surface area contributed by atoms with E-state index in [0.29, 0.717) is 23.0 Å². The number of nitrogens with zero attached hydrogens (tertiary/aromatic N) is 2. The highest BCUT2D eigenvalue weighted by Gasteiger charge is 2.14. The Hall–Kier alpha value is -3.37. The predicted molar refractivity (Wildman–Crippen MR) is 109 cm³/mol. The van der Waals surface area contributed by atoms with Gasteiger partial charge in [-0.3, -0.25) is 9.59 Å². The summed E-state index contributed by atoms with van der Waals surface area (Å²) in [4.78, 5) is 31.2. The lowest BCUT2D eigenvalue weighted by Crippen LogP contribution is -2.27. The zero-order valence-electron chi connectivity index (χ0n) is 15.0. The Balaban J connectivity index is 1.63. The standard InChI is InChI=1S/C21H18N4O2S/c22-13-17-19(16-9-5-2-6-10-16)24-21(25-20(17)27)28-14-18(26)23-12-11-15-7-3-1-4-8-15/h1-10H,11-12,14H2,(H,23,26)(H,24,25,27). The fourth-order valence-electron chi connectivity index (χ4n) is 2.61. The molecule has 3 rings (SSSR count). The van der Waals surface area contributed by atoms with Gasteiger partial charge in [0.15, 0.2) is 5.16 Å². The predicted octanol–water partition coefficient (Wildman–Crippen LogP) is 2.76. The zero-order valence-corrected chi connectivity index (χ0v) is 15.8. The number of carbonyl (C=O) groups is 1. The molecule has 3 aromatic rings. The van der Waals surface area contributed by atoms with Crippen LogP contribution in [0, 0.1) is 11.3 Å². The third-order valence-electron chi connectivity index (χ3n) is 3.98. The van der Waals surface area contributed by atoms with Crippen molar-refractivity contribution in [3.05, 3.63) is 82.1 Å². The van der Waals surface area contributed by atoms with Crippen molar-refractivity contribution in [2.24, 2.45) is 0 Å². The summed E-state index contributed by atoms with van der Waals surface area (Å²) in [5.74, 6) is -0.0214. The lowest BCUT2D eigenvalue weighted by atomic mass is 10.1. The Kier molecular flexibility index (Phi) is 6.60. The molecule has 0 fully saturated rings. The summed E-state index contributed by atoms with van der Waals surface area (Å²) in [5.41, 5.74) is 1.60. The first-order chi connectivity index (χ1) is 13.7. The van der Waals surface area contributed by atoms with E-state index in [0.717, 1.165) is 23.7 Å². The molecule has 0 atom stereocenters. The molecule has 28 heavy (non-hydrogen) atoms. The minimum atomic E-state index is -0.511. The average molecular weight is 390 g/mol. The van der Waals surface area contributed by atoms with E-state index in [1.165, 1.54) is 0 Å². The van der Waals surface area contributed by atoms with E-state index in [1.807, 2.05) is 54.6 Å². The second-order valence-electron chi connectivity index (χ2n) is 5.95. The average Bonchev–Trinajstić information content (AvgIpc) is 2.73. The van der Waals surface area contributed by atoms with Gasteiger partial charge in [0.2, 0.25) is 5.91 Å². The molecule has 1 heterocycles. The number of aromatic amines is 1. The van der Waals surface area contributed by atoms with E-state index in [-0.39, 0.29) is 17.2 Å². The third-order valence-corrected chi connectivity index (χ3v) is 4.85. The molecule has 0 aliphatic carbocycles. The van der Waals surface area contributed by atoms with E-state index in [4.69, 9.17) is 0 Å². The van der Waals surface area contributed by atoms with Gasteiger partial charge >= 0.3 is 0 Å². The van der Waals surface area contributed by atoms with Crippen molar-refractivity contribution in [3.63, 3.8) is 0 Å². The number of nitrogens with one attached hydrogen (secondary N) is 2. The molecule has 6 nitrogen and oxygen atoms in total. The fraction of sp³-hybridized carbons (Fsp3) is 0.143. The molecule has 0 unspecified atom stereocenters. The van der Waals surface area contributed by atoms with Crippen LogP contribution in [0.25, 0.3) is 11.3 Å². The topological polar surface area (TPSA) is 98.6 Å². The Labute approximate surface area is 166 Å². The molecule has 1 aromatic heterocycles. The van der Waals surface area contributed by atoms with Crippen LogP contribution >= 0.6 is 11.8 Å². The van der Waals surface area contributed by atoms with Crippen molar-refractivity contribution in [1.29, 1.82) is 5.26 Å². The number of benzene rings is 2. The number of thioether (sulfide) groups is 1. The molecule has 7 heteroatoms. The van der Waals surface area contributed by atoms with E-state index in [2.05, 4.69) is 15.3 Å². The summed E-state index contributed by atoms with van der Waals surface area (Å²) in [6.45, 7) is 0.538. The summed E-state index contributed by atoms with van der Waals surface area (Å²) in [6.07, 6.45) is 0.751. The lowest BCUT2D eigenvalue weighted by Gasteiger charge is -2.07. The van der Waals surface area contributed by atoms with Crippen molar-refractivity contribution in [3.8, 4) is 17.3 Å². The van der Waals surface area contributed by atoms with E-state index in [9.17, 15) is 14.9 Å². The van der Waals surface area contributed by atoms with Crippen molar-refractivity contribution in [1.82, 2.24) is 15.3 Å². The van der Waals surface area contributed by atoms with Gasteiger partial charge in [-0.1, -0.05) is 72.4 Å². The van der Waals surface area contributed by atoms with Crippen LogP contribution in [0.3, 0.4) is 0 Å². The normalized spacial score (nSPS) is 10.2. The van der Waals surface area contributed by atoms with E-state index in [1.54, 1.807) is 12.1 Å². The first-order valence-corrected chi connectivity index (χ1v) is 9.69. The van der Waals surface area contributed by atoms with Crippen LogP contribution in [0.4, 0.5) is 0 Å². The van der Waals surface area contributed by atoms with Crippen LogP contribution in [0.5, 0.6) is 0 Å². The number of amides is 1. The van der Waals surface area contributed by atoms with Crippen molar-refractivity contribution < 1.29 is 4.79 Å². The first kappa shape index (κ1) is 19.4. The lowest BCUT2D eigenvalue weighted by molar-refractivity contribution is -0.118. The summed E-state index contributed by atoms with van der Waals surface area (Å²) in [5, 5.41) is 12.4. The molecular weight excluding hydrogens is 372 g/mol. The maximum Gasteiger partial charge on any atom is 0.270 e. The Morgan fingerprint density at radius 3 is 2.46 bits per heavy atom. The SMILES string of the molecule is N#Cc1c(-c2ccccc2)nc(SCC(=O)NCCc2ccccc2)[nH]c1=O. The Morgan fingerprint density at radius 1 is 1.11 bits per heavy atom. The van der Waals surface area contributed by atoms with Crippen LogP contribution in [0.1, 0.15) is 11.1 Å². The third kappa shape index (κ3) is 5.09. The number of hydrogen-bond acceptors (Lipinski definition) is 5. The van der Waals surface area contributed by atoms with Gasteiger partial charge in [-0.2, -0.15) is 5.26 Å². The number of rotatable bonds is 7. The summed E-state index contributed by atoms with van der Waals surface area (Å²) >= 11 is 1.13. The molecule has 2 aromatic carbocycles. The quantitative estimate of drug-likeness (QED) is 0.477. The highest BCUT2D eigenvalue weighted by molar-refractivity contribution is 7.99.